The van der Waals surface area contributed by atoms with Gasteiger partial charge in [-0.25, -0.2) is 0 Å². The first-order chi connectivity index (χ1) is 7.17. The number of ether oxygens (including phenoxy) is 1. The van der Waals surface area contributed by atoms with Gasteiger partial charge in [-0.2, -0.15) is 0 Å². The topological polar surface area (TPSA) is 35.2 Å². The number of nitrogens with two attached hydrogens (primary N) is 1. The predicted octanol–water partition coefficient (Wildman–Crippen LogP) is 2.69. The van der Waals surface area contributed by atoms with Crippen LogP contribution in [-0.4, -0.2) is 11.1 Å². The molecule has 2 nitrogen and oxygen atoms in total. The summed E-state index contributed by atoms with van der Waals surface area (Å²) in [5, 5.41) is 0. The van der Waals surface area contributed by atoms with E-state index in [9.17, 15) is 0 Å². The molecular formula is C12H17NOS. The minimum atomic E-state index is -0.160. The zero-order valence-corrected chi connectivity index (χ0v) is 10.0. The van der Waals surface area contributed by atoms with Gasteiger partial charge in [0.05, 0.1) is 0 Å². The Morgan fingerprint density at radius 3 is 2.33 bits per heavy atom. The maximum absolute atomic E-state index is 5.66. The van der Waals surface area contributed by atoms with Crippen LogP contribution in [0.25, 0.3) is 0 Å². The van der Waals surface area contributed by atoms with Crippen molar-refractivity contribution in [3.8, 4) is 5.75 Å². The molecule has 0 spiro atoms. The Balaban J connectivity index is 2.67. The van der Waals surface area contributed by atoms with Crippen LogP contribution in [0, 0.1) is 0 Å². The van der Waals surface area contributed by atoms with E-state index in [4.69, 9.17) is 22.7 Å². The summed E-state index contributed by atoms with van der Waals surface area (Å²) in [6.07, 6.45) is 1.67. The van der Waals surface area contributed by atoms with E-state index in [2.05, 4.69) is 19.1 Å². The smallest absolute Gasteiger partial charge is 0.148 e. The van der Waals surface area contributed by atoms with Gasteiger partial charge < -0.3 is 10.5 Å². The third-order valence-corrected chi connectivity index (χ3v) is 2.56. The van der Waals surface area contributed by atoms with Gasteiger partial charge in [0.2, 0.25) is 0 Å². The Morgan fingerprint density at radius 1 is 1.33 bits per heavy atom. The fraction of sp³-hybridized carbons (Fsp3) is 0.417. The fourth-order valence-electron chi connectivity index (χ4n) is 1.31. The van der Waals surface area contributed by atoms with Gasteiger partial charge in [0.1, 0.15) is 16.8 Å². The van der Waals surface area contributed by atoms with Crippen molar-refractivity contribution in [1.82, 2.24) is 0 Å². The maximum atomic E-state index is 5.66. The molecule has 0 aliphatic heterocycles. The molecule has 0 radical (unpaired) electrons. The van der Waals surface area contributed by atoms with Gasteiger partial charge in [-0.3, -0.25) is 0 Å². The Bertz CT molecular complexity index is 321. The SMILES string of the molecule is CCc1ccc(OC(CC)C(N)=S)cc1. The van der Waals surface area contributed by atoms with E-state index in [-0.39, 0.29) is 6.10 Å². The van der Waals surface area contributed by atoms with Crippen molar-refractivity contribution in [3.63, 3.8) is 0 Å². The van der Waals surface area contributed by atoms with Crippen LogP contribution in [0.5, 0.6) is 5.75 Å². The first kappa shape index (κ1) is 12.0. The quantitative estimate of drug-likeness (QED) is 0.779. The van der Waals surface area contributed by atoms with E-state index >= 15 is 0 Å². The van der Waals surface area contributed by atoms with Crippen molar-refractivity contribution < 1.29 is 4.74 Å². The van der Waals surface area contributed by atoms with Crippen molar-refractivity contribution in [1.29, 1.82) is 0 Å². The van der Waals surface area contributed by atoms with Crippen LogP contribution >= 0.6 is 12.2 Å². The molecule has 0 aliphatic rings. The summed E-state index contributed by atoms with van der Waals surface area (Å²) in [7, 11) is 0. The van der Waals surface area contributed by atoms with Gasteiger partial charge in [-0.1, -0.05) is 38.2 Å². The molecule has 1 rings (SSSR count). The number of hydrogen-bond donors (Lipinski definition) is 1. The number of thiocarbonyl (C=S) groups is 1. The summed E-state index contributed by atoms with van der Waals surface area (Å²) in [6, 6.07) is 8.03. The molecule has 82 valence electrons. The second kappa shape index (κ2) is 5.71. The van der Waals surface area contributed by atoms with Crippen LogP contribution < -0.4 is 10.5 Å². The molecule has 0 amide bonds. The Morgan fingerprint density at radius 2 is 1.93 bits per heavy atom. The van der Waals surface area contributed by atoms with Crippen LogP contribution in [0.1, 0.15) is 25.8 Å². The molecule has 0 aromatic heterocycles. The van der Waals surface area contributed by atoms with E-state index in [1.807, 2.05) is 19.1 Å². The summed E-state index contributed by atoms with van der Waals surface area (Å²) >= 11 is 4.92. The summed E-state index contributed by atoms with van der Waals surface area (Å²) in [4.78, 5) is 0.414. The molecule has 0 aliphatic carbocycles. The second-order valence-corrected chi connectivity index (χ2v) is 3.89. The molecule has 1 aromatic carbocycles. The highest BCUT2D eigenvalue weighted by Gasteiger charge is 2.10. The second-order valence-electron chi connectivity index (χ2n) is 3.41. The third kappa shape index (κ3) is 3.51. The van der Waals surface area contributed by atoms with Crippen molar-refractivity contribution in [2.45, 2.75) is 32.8 Å². The van der Waals surface area contributed by atoms with Gasteiger partial charge in [0, 0.05) is 0 Å². The van der Waals surface area contributed by atoms with Crippen LogP contribution in [-0.2, 0) is 6.42 Å². The molecule has 0 fully saturated rings. The first-order valence-electron chi connectivity index (χ1n) is 5.22. The number of rotatable bonds is 5. The molecule has 3 heteroatoms. The van der Waals surface area contributed by atoms with Gasteiger partial charge >= 0.3 is 0 Å². The van der Waals surface area contributed by atoms with Gasteiger partial charge in [0.25, 0.3) is 0 Å². The summed E-state index contributed by atoms with van der Waals surface area (Å²) < 4.78 is 5.66. The molecule has 0 bridgehead atoms. The number of hydrogen-bond acceptors (Lipinski definition) is 2. The normalized spacial score (nSPS) is 12.1. The standard InChI is InChI=1S/C12H17NOS/c1-3-9-5-7-10(8-6-9)14-11(4-2)12(13)15/h5-8,11H,3-4H2,1-2H3,(H2,13,15). The van der Waals surface area contributed by atoms with Crippen molar-refractivity contribution in [2.75, 3.05) is 0 Å². The summed E-state index contributed by atoms with van der Waals surface area (Å²) in [5.74, 6) is 0.826. The van der Waals surface area contributed by atoms with Crippen molar-refractivity contribution in [2.24, 2.45) is 5.73 Å². The number of aryl methyl sites for hydroxylation is 1. The third-order valence-electron chi connectivity index (χ3n) is 2.30. The maximum Gasteiger partial charge on any atom is 0.148 e. The van der Waals surface area contributed by atoms with Crippen molar-refractivity contribution >= 4 is 17.2 Å². The molecule has 1 aromatic rings. The van der Waals surface area contributed by atoms with Gasteiger partial charge in [-0.05, 0) is 30.5 Å². The fourth-order valence-corrected chi connectivity index (χ4v) is 1.53. The van der Waals surface area contributed by atoms with Crippen LogP contribution in [0.2, 0.25) is 0 Å². The minimum Gasteiger partial charge on any atom is -0.483 e. The lowest BCUT2D eigenvalue weighted by molar-refractivity contribution is 0.264. The Labute approximate surface area is 96.4 Å². The average Bonchev–Trinajstić information content (AvgIpc) is 2.26. The molecule has 1 unspecified atom stereocenters. The van der Waals surface area contributed by atoms with Gasteiger partial charge in [0.15, 0.2) is 0 Å². The molecule has 15 heavy (non-hydrogen) atoms. The van der Waals surface area contributed by atoms with Crippen LogP contribution in [0.3, 0.4) is 0 Å². The van der Waals surface area contributed by atoms with Crippen molar-refractivity contribution in [3.05, 3.63) is 29.8 Å². The Hall–Kier alpha value is -1.09. The molecule has 2 N–H and O–H groups in total. The number of benzene rings is 1. The summed E-state index contributed by atoms with van der Waals surface area (Å²) in [6.45, 7) is 4.13. The minimum absolute atomic E-state index is 0.160. The Kier molecular flexibility index (Phi) is 4.56. The van der Waals surface area contributed by atoms with E-state index in [1.165, 1.54) is 5.56 Å². The highest BCUT2D eigenvalue weighted by Crippen LogP contribution is 2.15. The highest BCUT2D eigenvalue weighted by atomic mass is 32.1. The van der Waals surface area contributed by atoms with E-state index in [0.717, 1.165) is 18.6 Å². The van der Waals surface area contributed by atoms with E-state index < -0.39 is 0 Å². The largest absolute Gasteiger partial charge is 0.483 e. The summed E-state index contributed by atoms with van der Waals surface area (Å²) in [5.41, 5.74) is 6.85. The zero-order valence-electron chi connectivity index (χ0n) is 9.19. The molecule has 0 saturated carbocycles. The monoisotopic (exact) mass is 223 g/mol. The predicted molar refractivity (Wildman–Crippen MR) is 67.3 cm³/mol. The molecule has 1 atom stereocenters. The molecule has 0 saturated heterocycles. The van der Waals surface area contributed by atoms with E-state index in [1.54, 1.807) is 0 Å². The molecular weight excluding hydrogens is 206 g/mol. The highest BCUT2D eigenvalue weighted by molar-refractivity contribution is 7.80. The van der Waals surface area contributed by atoms with Gasteiger partial charge in [-0.15, -0.1) is 0 Å². The lowest BCUT2D eigenvalue weighted by Crippen LogP contribution is -2.31. The zero-order chi connectivity index (χ0) is 11.3. The first-order valence-corrected chi connectivity index (χ1v) is 5.63. The average molecular weight is 223 g/mol. The van der Waals surface area contributed by atoms with Crippen LogP contribution in [0.4, 0.5) is 0 Å². The lowest BCUT2D eigenvalue weighted by atomic mass is 10.2. The lowest BCUT2D eigenvalue weighted by Gasteiger charge is -2.16. The molecule has 0 heterocycles. The van der Waals surface area contributed by atoms with E-state index in [0.29, 0.717) is 4.99 Å². The van der Waals surface area contributed by atoms with Crippen LogP contribution in [0.15, 0.2) is 24.3 Å².